The molecule has 0 aromatic rings. The zero-order valence-electron chi connectivity index (χ0n) is 13.4. The topological polar surface area (TPSA) is 42.9 Å². The molecule has 0 amide bonds. The highest BCUT2D eigenvalue weighted by Crippen LogP contribution is 2.30. The molecule has 124 valence electrons. The first-order chi connectivity index (χ1) is 10.7. The Morgan fingerprint density at radius 2 is 1.95 bits per heavy atom. The summed E-state index contributed by atoms with van der Waals surface area (Å²) in [6.07, 6.45) is 7.19. The highest BCUT2D eigenvalue weighted by molar-refractivity contribution is 8.13. The van der Waals surface area contributed by atoms with Gasteiger partial charge in [0.25, 0.3) is 0 Å². The maximum absolute atomic E-state index is 6.73. The van der Waals surface area contributed by atoms with E-state index in [0.717, 1.165) is 42.1 Å². The van der Waals surface area contributed by atoms with Crippen molar-refractivity contribution in [1.82, 2.24) is 20.4 Å². The molecule has 2 aliphatic heterocycles. The molecule has 1 atom stereocenters. The Kier molecular flexibility index (Phi) is 5.55. The molecule has 0 bridgehead atoms. The van der Waals surface area contributed by atoms with Gasteiger partial charge in [-0.3, -0.25) is 5.32 Å². The second kappa shape index (κ2) is 7.43. The third-order valence-corrected chi connectivity index (χ3v) is 5.81. The van der Waals surface area contributed by atoms with Crippen LogP contribution in [0.15, 0.2) is 15.8 Å². The molecule has 2 fully saturated rings. The number of thioether (sulfide) groups is 1. The van der Waals surface area contributed by atoms with Crippen LogP contribution in [0.5, 0.6) is 0 Å². The number of hydrogen-bond donors (Lipinski definition) is 2. The van der Waals surface area contributed by atoms with Crippen molar-refractivity contribution >= 4 is 28.4 Å². The molecule has 22 heavy (non-hydrogen) atoms. The van der Waals surface area contributed by atoms with E-state index in [2.05, 4.69) is 26.7 Å². The van der Waals surface area contributed by atoms with Crippen molar-refractivity contribution in [3.05, 3.63) is 10.9 Å². The molecule has 0 aromatic carbocycles. The van der Waals surface area contributed by atoms with Crippen molar-refractivity contribution < 1.29 is 0 Å². The number of piperazine rings is 1. The van der Waals surface area contributed by atoms with Gasteiger partial charge in [0.1, 0.15) is 15.9 Å². The summed E-state index contributed by atoms with van der Waals surface area (Å²) in [6, 6.07) is 0.574. The van der Waals surface area contributed by atoms with Gasteiger partial charge in [-0.1, -0.05) is 24.4 Å². The van der Waals surface area contributed by atoms with E-state index in [0.29, 0.717) is 6.04 Å². The number of nitrogens with zero attached hydrogens (tertiary/aromatic N) is 3. The lowest BCUT2D eigenvalue weighted by Crippen LogP contribution is -2.51. The molecule has 0 spiro atoms. The maximum atomic E-state index is 6.73. The molecule has 1 aliphatic carbocycles. The minimum atomic E-state index is -0.0373. The van der Waals surface area contributed by atoms with Gasteiger partial charge in [-0.2, -0.15) is 0 Å². The van der Waals surface area contributed by atoms with Gasteiger partial charge in [-0.05, 0) is 19.1 Å². The average molecular weight is 344 g/mol. The molecular weight excluding hydrogens is 318 g/mol. The van der Waals surface area contributed by atoms with Crippen LogP contribution in [0, 0.1) is 0 Å². The standard InChI is InChI=1S/C15H26ClN5S/c1-20-13(16)12(21-9-7-17-8-10-21)14(22-2)19-15(20)18-11-5-3-4-6-11/h11,15,17-18H,3-10H2,1-2H3. The molecule has 2 heterocycles. The summed E-state index contributed by atoms with van der Waals surface area (Å²) >= 11 is 8.42. The van der Waals surface area contributed by atoms with E-state index >= 15 is 0 Å². The minimum absolute atomic E-state index is 0.0373. The summed E-state index contributed by atoms with van der Waals surface area (Å²) in [4.78, 5) is 9.38. The molecule has 0 aromatic heterocycles. The monoisotopic (exact) mass is 343 g/mol. The molecule has 1 unspecified atom stereocenters. The highest BCUT2D eigenvalue weighted by Gasteiger charge is 2.32. The fourth-order valence-electron chi connectivity index (χ4n) is 3.38. The van der Waals surface area contributed by atoms with E-state index in [9.17, 15) is 0 Å². The third kappa shape index (κ3) is 3.40. The number of rotatable bonds is 3. The van der Waals surface area contributed by atoms with E-state index in [1.54, 1.807) is 11.8 Å². The number of hydrogen-bond acceptors (Lipinski definition) is 6. The SMILES string of the molecule is CSC1=NC(NC2CCCC2)N(C)C(Cl)=C1N1CCNCC1. The van der Waals surface area contributed by atoms with Crippen molar-refractivity contribution in [1.29, 1.82) is 0 Å². The van der Waals surface area contributed by atoms with Crippen molar-refractivity contribution in [3.8, 4) is 0 Å². The van der Waals surface area contributed by atoms with Crippen LogP contribution < -0.4 is 10.6 Å². The van der Waals surface area contributed by atoms with E-state index < -0.39 is 0 Å². The largest absolute Gasteiger partial charge is 0.364 e. The van der Waals surface area contributed by atoms with E-state index in [1.807, 2.05) is 7.05 Å². The van der Waals surface area contributed by atoms with Gasteiger partial charge in [0.05, 0.1) is 0 Å². The molecule has 5 nitrogen and oxygen atoms in total. The Hall–Kier alpha value is -0.430. The first-order valence-corrected chi connectivity index (χ1v) is 9.77. The zero-order chi connectivity index (χ0) is 15.5. The minimum Gasteiger partial charge on any atom is -0.364 e. The van der Waals surface area contributed by atoms with E-state index in [4.69, 9.17) is 16.6 Å². The second-order valence-corrected chi connectivity index (χ2v) is 7.30. The fraction of sp³-hybridized carbons (Fsp3) is 0.800. The Morgan fingerprint density at radius 3 is 2.59 bits per heavy atom. The number of nitrogens with one attached hydrogen (secondary N) is 2. The smallest absolute Gasteiger partial charge is 0.178 e. The van der Waals surface area contributed by atoms with Gasteiger partial charge >= 0.3 is 0 Å². The first-order valence-electron chi connectivity index (χ1n) is 8.17. The lowest BCUT2D eigenvalue weighted by Gasteiger charge is -2.39. The first kappa shape index (κ1) is 16.4. The van der Waals surface area contributed by atoms with Gasteiger partial charge in [0, 0.05) is 39.3 Å². The fourth-order valence-corrected chi connectivity index (χ4v) is 4.36. The van der Waals surface area contributed by atoms with Crippen molar-refractivity contribution in [2.24, 2.45) is 4.99 Å². The summed E-state index contributed by atoms with van der Waals surface area (Å²) in [6.45, 7) is 3.98. The predicted molar refractivity (Wildman–Crippen MR) is 95.2 cm³/mol. The molecule has 1 saturated heterocycles. The Bertz CT molecular complexity index is 455. The summed E-state index contributed by atoms with van der Waals surface area (Å²) in [7, 11) is 2.04. The van der Waals surface area contributed by atoms with Gasteiger partial charge in [-0.15, -0.1) is 11.8 Å². The normalized spacial score (nSPS) is 27.6. The van der Waals surface area contributed by atoms with Crippen LogP contribution >= 0.6 is 23.4 Å². The highest BCUT2D eigenvalue weighted by atomic mass is 35.5. The summed E-state index contributed by atoms with van der Waals surface area (Å²) in [5.74, 6) is 0. The van der Waals surface area contributed by atoms with Crippen molar-refractivity contribution in [3.63, 3.8) is 0 Å². The molecule has 0 radical (unpaired) electrons. The van der Waals surface area contributed by atoms with Gasteiger partial charge in [0.2, 0.25) is 0 Å². The van der Waals surface area contributed by atoms with E-state index in [1.165, 1.54) is 25.7 Å². The van der Waals surface area contributed by atoms with Gasteiger partial charge in [0.15, 0.2) is 6.29 Å². The average Bonchev–Trinajstić information content (AvgIpc) is 3.05. The molecule has 3 rings (SSSR count). The van der Waals surface area contributed by atoms with Gasteiger partial charge < -0.3 is 15.1 Å². The summed E-state index contributed by atoms with van der Waals surface area (Å²) in [5.41, 5.74) is 1.10. The molecular formula is C15H26ClN5S. The Labute approximate surface area is 142 Å². The lowest BCUT2D eigenvalue weighted by atomic mass is 10.2. The van der Waals surface area contributed by atoms with Crippen LogP contribution in [0.4, 0.5) is 0 Å². The van der Waals surface area contributed by atoms with Crippen molar-refractivity contribution in [2.45, 2.75) is 38.0 Å². The van der Waals surface area contributed by atoms with E-state index in [-0.39, 0.29) is 6.29 Å². The van der Waals surface area contributed by atoms with Crippen LogP contribution in [-0.2, 0) is 0 Å². The van der Waals surface area contributed by atoms with Crippen LogP contribution in [0.25, 0.3) is 0 Å². The second-order valence-electron chi connectivity index (χ2n) is 6.15. The molecule has 2 N–H and O–H groups in total. The Morgan fingerprint density at radius 1 is 1.27 bits per heavy atom. The third-order valence-electron chi connectivity index (χ3n) is 4.68. The zero-order valence-corrected chi connectivity index (χ0v) is 15.0. The molecule has 3 aliphatic rings. The summed E-state index contributed by atoms with van der Waals surface area (Å²) < 4.78 is 0. The maximum Gasteiger partial charge on any atom is 0.178 e. The molecule has 7 heteroatoms. The Balaban J connectivity index is 1.78. The lowest BCUT2D eigenvalue weighted by molar-refractivity contribution is 0.231. The summed E-state index contributed by atoms with van der Waals surface area (Å²) in [5, 5.41) is 8.92. The van der Waals surface area contributed by atoms with Crippen LogP contribution in [0.2, 0.25) is 0 Å². The van der Waals surface area contributed by atoms with Gasteiger partial charge in [-0.25, -0.2) is 4.99 Å². The molecule has 1 saturated carbocycles. The van der Waals surface area contributed by atoms with Crippen molar-refractivity contribution in [2.75, 3.05) is 39.5 Å². The van der Waals surface area contributed by atoms with Crippen LogP contribution in [-0.4, -0.2) is 66.7 Å². The van der Waals surface area contributed by atoms with Crippen LogP contribution in [0.3, 0.4) is 0 Å². The quantitative estimate of drug-likeness (QED) is 0.765. The number of aliphatic imine (C=N–C) groups is 1. The van der Waals surface area contributed by atoms with Crippen LogP contribution in [0.1, 0.15) is 25.7 Å². The number of halogens is 1. The predicted octanol–water partition coefficient (Wildman–Crippen LogP) is 1.82.